The summed E-state index contributed by atoms with van der Waals surface area (Å²) in [4.78, 5) is 16.0. The Morgan fingerprint density at radius 2 is 1.89 bits per heavy atom. The van der Waals surface area contributed by atoms with Crippen molar-refractivity contribution in [3.63, 3.8) is 0 Å². The van der Waals surface area contributed by atoms with Gasteiger partial charge in [0.15, 0.2) is 0 Å². The van der Waals surface area contributed by atoms with Crippen molar-refractivity contribution in [3.05, 3.63) is 29.8 Å². The number of unbranched alkanes of at least 4 members (excludes halogenated alkanes) is 3. The standard InChI is InChI=1S/C14H21NO3/c1-3-4-5-6-11-18-13-9-7-12(8-10-13)14(16)15-17-2/h7-10H,3-6,11H2,1-2H3,(H,15,16). The van der Waals surface area contributed by atoms with Gasteiger partial charge in [-0.25, -0.2) is 5.48 Å². The molecule has 0 aromatic heterocycles. The van der Waals surface area contributed by atoms with E-state index in [1.807, 2.05) is 0 Å². The fourth-order valence-corrected chi connectivity index (χ4v) is 1.57. The number of carbonyl (C=O) groups is 1. The molecule has 0 heterocycles. The molecule has 1 N–H and O–H groups in total. The first-order valence-electron chi connectivity index (χ1n) is 6.34. The van der Waals surface area contributed by atoms with Gasteiger partial charge >= 0.3 is 0 Å². The Kier molecular flexibility index (Phi) is 6.87. The van der Waals surface area contributed by atoms with Crippen LogP contribution < -0.4 is 10.2 Å². The van der Waals surface area contributed by atoms with Crippen molar-refractivity contribution in [1.82, 2.24) is 5.48 Å². The molecule has 4 heteroatoms. The fourth-order valence-electron chi connectivity index (χ4n) is 1.57. The molecule has 1 aromatic rings. The van der Waals surface area contributed by atoms with Crippen LogP contribution in [-0.4, -0.2) is 19.6 Å². The highest BCUT2D eigenvalue weighted by Gasteiger charge is 2.04. The Bertz CT molecular complexity index is 349. The summed E-state index contributed by atoms with van der Waals surface area (Å²) in [5, 5.41) is 0. The van der Waals surface area contributed by atoms with Crippen molar-refractivity contribution in [2.45, 2.75) is 32.6 Å². The number of amides is 1. The van der Waals surface area contributed by atoms with Gasteiger partial charge in [0.2, 0.25) is 0 Å². The molecule has 0 radical (unpaired) electrons. The molecule has 0 saturated carbocycles. The lowest BCUT2D eigenvalue weighted by molar-refractivity contribution is 0.0537. The predicted octanol–water partition coefficient (Wildman–Crippen LogP) is 2.94. The largest absolute Gasteiger partial charge is 0.494 e. The van der Waals surface area contributed by atoms with Crippen LogP contribution in [0.4, 0.5) is 0 Å². The minimum Gasteiger partial charge on any atom is -0.494 e. The highest BCUT2D eigenvalue weighted by Crippen LogP contribution is 2.13. The van der Waals surface area contributed by atoms with E-state index in [9.17, 15) is 4.79 Å². The minimum atomic E-state index is -0.257. The van der Waals surface area contributed by atoms with Gasteiger partial charge in [-0.15, -0.1) is 0 Å². The van der Waals surface area contributed by atoms with E-state index in [1.54, 1.807) is 24.3 Å². The molecule has 0 aliphatic rings. The zero-order chi connectivity index (χ0) is 13.2. The molecule has 1 rings (SSSR count). The summed E-state index contributed by atoms with van der Waals surface area (Å²) in [6.45, 7) is 2.91. The number of carbonyl (C=O) groups excluding carboxylic acids is 1. The van der Waals surface area contributed by atoms with E-state index in [4.69, 9.17) is 4.74 Å². The first-order valence-corrected chi connectivity index (χ1v) is 6.34. The Morgan fingerprint density at radius 1 is 1.17 bits per heavy atom. The third-order valence-electron chi connectivity index (χ3n) is 2.58. The lowest BCUT2D eigenvalue weighted by Gasteiger charge is -2.07. The van der Waals surface area contributed by atoms with Crippen LogP contribution in [-0.2, 0) is 4.84 Å². The summed E-state index contributed by atoms with van der Waals surface area (Å²) in [5.74, 6) is 0.535. The summed E-state index contributed by atoms with van der Waals surface area (Å²) in [7, 11) is 1.41. The van der Waals surface area contributed by atoms with Crippen molar-refractivity contribution in [3.8, 4) is 5.75 Å². The summed E-state index contributed by atoms with van der Waals surface area (Å²) in [5.41, 5.74) is 2.82. The van der Waals surface area contributed by atoms with E-state index in [0.29, 0.717) is 5.56 Å². The van der Waals surface area contributed by atoms with Gasteiger partial charge in [0.05, 0.1) is 13.7 Å². The highest BCUT2D eigenvalue weighted by molar-refractivity contribution is 5.93. The third kappa shape index (κ3) is 5.19. The first kappa shape index (κ1) is 14.5. The van der Waals surface area contributed by atoms with Gasteiger partial charge in [-0.05, 0) is 30.7 Å². The summed E-state index contributed by atoms with van der Waals surface area (Å²) in [6.07, 6.45) is 4.74. The Balaban J connectivity index is 2.33. The van der Waals surface area contributed by atoms with Crippen LogP contribution in [0.3, 0.4) is 0 Å². The fraction of sp³-hybridized carbons (Fsp3) is 0.500. The highest BCUT2D eigenvalue weighted by atomic mass is 16.6. The van der Waals surface area contributed by atoms with Crippen LogP contribution in [0.5, 0.6) is 5.75 Å². The third-order valence-corrected chi connectivity index (χ3v) is 2.58. The molecule has 18 heavy (non-hydrogen) atoms. The SMILES string of the molecule is CCCCCCOc1ccc(C(=O)NOC)cc1. The zero-order valence-electron chi connectivity index (χ0n) is 11.1. The molecule has 100 valence electrons. The van der Waals surface area contributed by atoms with Crippen molar-refractivity contribution < 1.29 is 14.4 Å². The number of nitrogens with one attached hydrogen (secondary N) is 1. The molecule has 1 aromatic carbocycles. The van der Waals surface area contributed by atoms with E-state index in [2.05, 4.69) is 17.2 Å². The molecule has 0 bridgehead atoms. The van der Waals surface area contributed by atoms with Gasteiger partial charge in [-0.3, -0.25) is 9.63 Å². The van der Waals surface area contributed by atoms with Crippen LogP contribution in [0.1, 0.15) is 43.0 Å². The number of ether oxygens (including phenoxy) is 1. The van der Waals surface area contributed by atoms with Gasteiger partial charge in [0.1, 0.15) is 5.75 Å². The molecular formula is C14H21NO3. The van der Waals surface area contributed by atoms with Gasteiger partial charge in [-0.1, -0.05) is 26.2 Å². The second-order valence-corrected chi connectivity index (χ2v) is 4.07. The molecule has 0 spiro atoms. The van der Waals surface area contributed by atoms with Crippen molar-refractivity contribution in [1.29, 1.82) is 0 Å². The van der Waals surface area contributed by atoms with Crippen LogP contribution in [0.25, 0.3) is 0 Å². The van der Waals surface area contributed by atoms with E-state index in [1.165, 1.54) is 26.4 Å². The second-order valence-electron chi connectivity index (χ2n) is 4.07. The number of hydroxylamine groups is 1. The molecular weight excluding hydrogens is 230 g/mol. The summed E-state index contributed by atoms with van der Waals surface area (Å²) >= 11 is 0. The van der Waals surface area contributed by atoms with Crippen LogP contribution in [0.15, 0.2) is 24.3 Å². The van der Waals surface area contributed by atoms with E-state index < -0.39 is 0 Å². The minimum absolute atomic E-state index is 0.257. The van der Waals surface area contributed by atoms with E-state index >= 15 is 0 Å². The van der Waals surface area contributed by atoms with Crippen molar-refractivity contribution in [2.75, 3.05) is 13.7 Å². The van der Waals surface area contributed by atoms with E-state index in [0.717, 1.165) is 18.8 Å². The maximum absolute atomic E-state index is 11.4. The molecule has 4 nitrogen and oxygen atoms in total. The lowest BCUT2D eigenvalue weighted by atomic mass is 10.2. The Hall–Kier alpha value is -1.55. The zero-order valence-corrected chi connectivity index (χ0v) is 11.1. The molecule has 0 fully saturated rings. The van der Waals surface area contributed by atoms with Gasteiger partial charge in [0.25, 0.3) is 5.91 Å². The van der Waals surface area contributed by atoms with Crippen LogP contribution >= 0.6 is 0 Å². The molecule has 1 amide bonds. The molecule has 0 unspecified atom stereocenters. The van der Waals surface area contributed by atoms with E-state index in [-0.39, 0.29) is 5.91 Å². The normalized spacial score (nSPS) is 10.1. The lowest BCUT2D eigenvalue weighted by Crippen LogP contribution is -2.21. The second kappa shape index (κ2) is 8.53. The molecule has 0 atom stereocenters. The topological polar surface area (TPSA) is 47.6 Å². The Labute approximate surface area is 108 Å². The van der Waals surface area contributed by atoms with Crippen molar-refractivity contribution in [2.24, 2.45) is 0 Å². The van der Waals surface area contributed by atoms with Crippen LogP contribution in [0.2, 0.25) is 0 Å². The maximum Gasteiger partial charge on any atom is 0.274 e. The predicted molar refractivity (Wildman–Crippen MR) is 70.6 cm³/mol. The molecule has 0 aliphatic carbocycles. The number of rotatable bonds is 8. The first-order chi connectivity index (χ1) is 8.77. The van der Waals surface area contributed by atoms with Crippen molar-refractivity contribution >= 4 is 5.91 Å². The Morgan fingerprint density at radius 3 is 2.50 bits per heavy atom. The van der Waals surface area contributed by atoms with Crippen LogP contribution in [0, 0.1) is 0 Å². The van der Waals surface area contributed by atoms with Gasteiger partial charge < -0.3 is 4.74 Å². The summed E-state index contributed by atoms with van der Waals surface area (Å²) in [6, 6.07) is 7.03. The molecule has 0 aliphatic heterocycles. The molecule has 0 saturated heterocycles. The summed E-state index contributed by atoms with van der Waals surface area (Å²) < 4.78 is 5.58. The smallest absolute Gasteiger partial charge is 0.274 e. The van der Waals surface area contributed by atoms with Gasteiger partial charge in [0, 0.05) is 5.56 Å². The maximum atomic E-state index is 11.4. The number of hydrogen-bond donors (Lipinski definition) is 1. The average Bonchev–Trinajstić information content (AvgIpc) is 2.39. The van der Waals surface area contributed by atoms with Gasteiger partial charge in [-0.2, -0.15) is 0 Å². The average molecular weight is 251 g/mol. The monoisotopic (exact) mass is 251 g/mol. The number of hydrogen-bond acceptors (Lipinski definition) is 3. The quantitative estimate of drug-likeness (QED) is 0.571. The number of benzene rings is 1.